The lowest BCUT2D eigenvalue weighted by molar-refractivity contribution is 0.414. The number of aryl methyl sites for hydroxylation is 1. The van der Waals surface area contributed by atoms with Crippen molar-refractivity contribution < 1.29 is 9.13 Å². The van der Waals surface area contributed by atoms with Crippen molar-refractivity contribution in [1.29, 1.82) is 0 Å². The summed E-state index contributed by atoms with van der Waals surface area (Å²) in [5.74, 6) is 0.611. The summed E-state index contributed by atoms with van der Waals surface area (Å²) in [6.45, 7) is 0. The first kappa shape index (κ1) is 19.4. The summed E-state index contributed by atoms with van der Waals surface area (Å²) in [6.07, 6.45) is 1.92. The zero-order valence-corrected chi connectivity index (χ0v) is 18.4. The van der Waals surface area contributed by atoms with Crippen molar-refractivity contribution in [3.8, 4) is 5.75 Å². The fourth-order valence-corrected chi connectivity index (χ4v) is 5.73. The van der Waals surface area contributed by atoms with Crippen LogP contribution in [-0.2, 0) is 6.42 Å². The van der Waals surface area contributed by atoms with Gasteiger partial charge in [0.2, 0.25) is 0 Å². The Balaban J connectivity index is 1.51. The topological polar surface area (TPSA) is 24.8 Å². The highest BCUT2D eigenvalue weighted by Gasteiger charge is 2.40. The van der Waals surface area contributed by atoms with Crippen molar-refractivity contribution in [3.05, 3.63) is 112 Å². The molecule has 2 heterocycles. The number of aliphatic imine (C=N–C) groups is 1. The van der Waals surface area contributed by atoms with Gasteiger partial charge in [0.25, 0.3) is 0 Å². The van der Waals surface area contributed by atoms with Crippen LogP contribution in [0.15, 0.2) is 88.8 Å². The van der Waals surface area contributed by atoms with E-state index in [4.69, 9.17) is 9.73 Å². The number of fused-ring (bicyclic) bond motifs is 3. The number of ether oxygens (including phenoxy) is 1. The van der Waals surface area contributed by atoms with Crippen molar-refractivity contribution in [2.45, 2.75) is 18.9 Å². The zero-order chi connectivity index (χ0) is 21.7. The minimum absolute atomic E-state index is 0.0187. The summed E-state index contributed by atoms with van der Waals surface area (Å²) in [5, 5.41) is 3.13. The molecule has 6 rings (SSSR count). The normalized spacial score (nSPS) is 19.1. The molecule has 0 spiro atoms. The second kappa shape index (κ2) is 7.68. The summed E-state index contributed by atoms with van der Waals surface area (Å²) in [7, 11) is 1.68. The van der Waals surface area contributed by atoms with Gasteiger partial charge >= 0.3 is 0 Å². The molecule has 0 saturated carbocycles. The Hall–Kier alpha value is -3.31. The maximum absolute atomic E-state index is 13.8. The second-order valence-electron chi connectivity index (χ2n) is 8.10. The van der Waals surface area contributed by atoms with E-state index in [1.807, 2.05) is 24.3 Å². The number of rotatable bonds is 3. The molecule has 0 N–H and O–H groups in total. The Labute approximate surface area is 190 Å². The molecule has 3 aromatic carbocycles. The number of benzene rings is 3. The third-order valence-corrected chi connectivity index (χ3v) is 7.19. The van der Waals surface area contributed by atoms with Crippen molar-refractivity contribution in [2.75, 3.05) is 7.11 Å². The van der Waals surface area contributed by atoms with Gasteiger partial charge in [-0.05, 0) is 71.5 Å². The first-order valence-electron chi connectivity index (χ1n) is 10.7. The molecule has 1 aliphatic carbocycles. The summed E-state index contributed by atoms with van der Waals surface area (Å²) < 4.78 is 19.1. The van der Waals surface area contributed by atoms with Crippen molar-refractivity contribution in [1.82, 2.24) is 4.90 Å². The van der Waals surface area contributed by atoms with E-state index in [1.165, 1.54) is 16.7 Å². The van der Waals surface area contributed by atoms with Gasteiger partial charge in [-0.25, -0.2) is 9.38 Å². The Morgan fingerprint density at radius 1 is 0.969 bits per heavy atom. The molecular formula is C27H21FN2OS. The van der Waals surface area contributed by atoms with Crippen LogP contribution in [0.3, 0.4) is 0 Å². The van der Waals surface area contributed by atoms with Crippen LogP contribution in [-0.4, -0.2) is 17.2 Å². The maximum Gasteiger partial charge on any atom is 0.174 e. The summed E-state index contributed by atoms with van der Waals surface area (Å²) >= 11 is 1.65. The van der Waals surface area contributed by atoms with E-state index in [-0.39, 0.29) is 11.9 Å². The molecule has 3 aromatic rings. The lowest BCUT2D eigenvalue weighted by Crippen LogP contribution is -2.34. The molecule has 0 fully saturated rings. The van der Waals surface area contributed by atoms with Gasteiger partial charge in [0, 0.05) is 11.0 Å². The molecule has 0 unspecified atom stereocenters. The standard InChI is InChI=1S/C27H21FN2OS/c1-31-21-13-8-18(9-14-21)24-16-32-27-29-25-22-5-3-2-4-17(22)10-15-23(25)26(30(24)27)19-6-11-20(28)12-7-19/h2-9,11-14,16,26H,10,15H2,1H3/t26-/m0/s1. The smallest absolute Gasteiger partial charge is 0.174 e. The highest BCUT2D eigenvalue weighted by Crippen LogP contribution is 2.51. The zero-order valence-electron chi connectivity index (χ0n) is 17.6. The van der Waals surface area contributed by atoms with Gasteiger partial charge in [-0.15, -0.1) is 0 Å². The van der Waals surface area contributed by atoms with E-state index in [2.05, 4.69) is 46.7 Å². The molecule has 0 aromatic heterocycles. The van der Waals surface area contributed by atoms with Crippen molar-refractivity contribution >= 4 is 28.3 Å². The average Bonchev–Trinajstić information content (AvgIpc) is 3.27. The SMILES string of the molecule is COc1ccc(C2=CSC3=NC4=C(CCc5ccccc54)[C@H](c4ccc(F)cc4)N23)cc1. The Kier molecular flexibility index (Phi) is 4.65. The monoisotopic (exact) mass is 440 g/mol. The Bertz CT molecular complexity index is 1290. The van der Waals surface area contributed by atoms with E-state index < -0.39 is 0 Å². The molecule has 158 valence electrons. The summed E-state index contributed by atoms with van der Waals surface area (Å²) in [6, 6.07) is 23.6. The molecule has 0 bridgehead atoms. The molecule has 3 aliphatic rings. The molecule has 5 heteroatoms. The van der Waals surface area contributed by atoms with Crippen LogP contribution in [0.4, 0.5) is 4.39 Å². The molecule has 3 nitrogen and oxygen atoms in total. The second-order valence-corrected chi connectivity index (χ2v) is 8.94. The largest absolute Gasteiger partial charge is 0.497 e. The summed E-state index contributed by atoms with van der Waals surface area (Å²) in [4.78, 5) is 7.46. The van der Waals surface area contributed by atoms with Crippen LogP contribution in [0.1, 0.15) is 34.7 Å². The maximum atomic E-state index is 13.8. The number of hydrogen-bond acceptors (Lipinski definition) is 4. The van der Waals surface area contributed by atoms with Crippen LogP contribution < -0.4 is 4.74 Å². The fourth-order valence-electron chi connectivity index (χ4n) is 4.80. The van der Waals surface area contributed by atoms with Crippen LogP contribution in [0.5, 0.6) is 5.75 Å². The third kappa shape index (κ3) is 3.07. The van der Waals surface area contributed by atoms with Gasteiger partial charge < -0.3 is 9.64 Å². The minimum Gasteiger partial charge on any atom is -0.497 e. The highest BCUT2D eigenvalue weighted by molar-refractivity contribution is 8.16. The van der Waals surface area contributed by atoms with Crippen LogP contribution in [0.25, 0.3) is 11.4 Å². The predicted molar refractivity (Wildman–Crippen MR) is 129 cm³/mol. The third-order valence-electron chi connectivity index (χ3n) is 6.35. The Morgan fingerprint density at radius 3 is 2.53 bits per heavy atom. The van der Waals surface area contributed by atoms with Crippen LogP contribution in [0.2, 0.25) is 0 Å². The van der Waals surface area contributed by atoms with Crippen molar-refractivity contribution in [2.24, 2.45) is 4.99 Å². The van der Waals surface area contributed by atoms with Crippen LogP contribution >= 0.6 is 11.8 Å². The van der Waals surface area contributed by atoms with E-state index in [0.717, 1.165) is 46.3 Å². The molecular weight excluding hydrogens is 419 g/mol. The number of methoxy groups -OCH3 is 1. The fraction of sp³-hybridized carbons (Fsp3) is 0.148. The average molecular weight is 441 g/mol. The predicted octanol–water partition coefficient (Wildman–Crippen LogP) is 6.65. The first-order valence-corrected chi connectivity index (χ1v) is 11.6. The molecule has 0 radical (unpaired) electrons. The first-order chi connectivity index (χ1) is 15.7. The highest BCUT2D eigenvalue weighted by atomic mass is 32.2. The summed E-state index contributed by atoms with van der Waals surface area (Å²) in [5.41, 5.74) is 8.21. The van der Waals surface area contributed by atoms with Gasteiger partial charge in [0.1, 0.15) is 11.6 Å². The van der Waals surface area contributed by atoms with E-state index >= 15 is 0 Å². The number of amidine groups is 1. The van der Waals surface area contributed by atoms with Crippen LogP contribution in [0, 0.1) is 5.82 Å². The number of hydrogen-bond donors (Lipinski definition) is 0. The van der Waals surface area contributed by atoms with E-state index in [1.54, 1.807) is 31.0 Å². The lowest BCUT2D eigenvalue weighted by Gasteiger charge is -2.39. The molecule has 0 saturated heterocycles. The van der Waals surface area contributed by atoms with Gasteiger partial charge in [-0.3, -0.25) is 0 Å². The Morgan fingerprint density at radius 2 is 1.75 bits per heavy atom. The van der Waals surface area contributed by atoms with Crippen molar-refractivity contribution in [3.63, 3.8) is 0 Å². The molecule has 32 heavy (non-hydrogen) atoms. The van der Waals surface area contributed by atoms with Gasteiger partial charge in [0.05, 0.1) is 24.5 Å². The number of halogens is 1. The number of thioether (sulfide) groups is 1. The van der Waals surface area contributed by atoms with E-state index in [0.29, 0.717) is 0 Å². The van der Waals surface area contributed by atoms with E-state index in [9.17, 15) is 4.39 Å². The van der Waals surface area contributed by atoms with Gasteiger partial charge in [-0.1, -0.05) is 48.2 Å². The number of nitrogens with zero attached hydrogens (tertiary/aromatic N) is 2. The lowest BCUT2D eigenvalue weighted by atomic mass is 9.82. The molecule has 0 amide bonds. The van der Waals surface area contributed by atoms with Gasteiger partial charge in [-0.2, -0.15) is 0 Å². The van der Waals surface area contributed by atoms with Gasteiger partial charge in [0.15, 0.2) is 5.17 Å². The quantitative estimate of drug-likeness (QED) is 0.456. The molecule has 2 aliphatic heterocycles. The molecule has 1 atom stereocenters. The minimum atomic E-state index is -0.219.